The number of esters is 1. The van der Waals surface area contributed by atoms with Crippen molar-refractivity contribution in [2.75, 3.05) is 6.61 Å². The third-order valence-corrected chi connectivity index (χ3v) is 2.83. The summed E-state index contributed by atoms with van der Waals surface area (Å²) >= 11 is 0. The summed E-state index contributed by atoms with van der Waals surface area (Å²) in [5, 5.41) is 9.34. The number of phenolic OH excluding ortho intramolecular Hbond substituents is 1. The third kappa shape index (κ3) is 2.67. The first-order chi connectivity index (χ1) is 9.20. The lowest BCUT2D eigenvalue weighted by Gasteiger charge is -2.20. The molecule has 1 aromatic carbocycles. The van der Waals surface area contributed by atoms with Crippen molar-refractivity contribution in [1.29, 1.82) is 0 Å². The van der Waals surface area contributed by atoms with Gasteiger partial charge in [-0.3, -0.25) is 0 Å². The molecule has 0 spiro atoms. The topological polar surface area (TPSA) is 65.0 Å². The molecule has 1 N–H and O–H groups in total. The molecular weight excluding hydrogens is 248 g/mol. The van der Waals surface area contributed by atoms with Crippen molar-refractivity contribution in [3.63, 3.8) is 0 Å². The van der Waals surface area contributed by atoms with Crippen molar-refractivity contribution < 1.29 is 24.1 Å². The lowest BCUT2D eigenvalue weighted by molar-refractivity contribution is -0.134. The number of phenols is 1. The van der Waals surface area contributed by atoms with Gasteiger partial charge < -0.3 is 19.3 Å². The molecule has 0 bridgehead atoms. The Morgan fingerprint density at radius 3 is 3.16 bits per heavy atom. The Bertz CT molecular complexity index is 573. The van der Waals surface area contributed by atoms with E-state index >= 15 is 0 Å². The molecule has 5 heteroatoms. The highest BCUT2D eigenvalue weighted by atomic mass is 16.7. The number of benzene rings is 1. The van der Waals surface area contributed by atoms with Gasteiger partial charge >= 0.3 is 5.97 Å². The average molecular weight is 260 g/mol. The maximum Gasteiger partial charge on any atom is 0.336 e. The van der Waals surface area contributed by atoms with Crippen molar-refractivity contribution in [3.05, 3.63) is 53.3 Å². The van der Waals surface area contributed by atoms with Crippen LogP contribution in [0.1, 0.15) is 5.56 Å². The van der Waals surface area contributed by atoms with Crippen molar-refractivity contribution >= 4 is 5.97 Å². The number of aromatic hydroxyl groups is 1. The molecule has 3 rings (SSSR count). The minimum Gasteiger partial charge on any atom is -0.508 e. The molecule has 19 heavy (non-hydrogen) atoms. The first-order valence-corrected chi connectivity index (χ1v) is 5.86. The fourth-order valence-corrected chi connectivity index (χ4v) is 1.94. The predicted molar refractivity (Wildman–Crippen MR) is 64.9 cm³/mol. The molecule has 0 aliphatic carbocycles. The number of rotatable bonds is 3. The molecule has 2 aliphatic heterocycles. The van der Waals surface area contributed by atoms with E-state index in [0.29, 0.717) is 19.0 Å². The van der Waals surface area contributed by atoms with E-state index in [1.54, 1.807) is 24.3 Å². The van der Waals surface area contributed by atoms with Crippen LogP contribution >= 0.6 is 0 Å². The van der Waals surface area contributed by atoms with E-state index in [-0.39, 0.29) is 11.7 Å². The van der Waals surface area contributed by atoms with Gasteiger partial charge in [-0.15, -0.1) is 0 Å². The zero-order valence-corrected chi connectivity index (χ0v) is 10.0. The van der Waals surface area contributed by atoms with Crippen LogP contribution in [0.25, 0.3) is 0 Å². The SMILES string of the molecule is O=C1C=C2CO[C@@H](OCc3cccc(O)c3)C=C2O1. The van der Waals surface area contributed by atoms with E-state index in [1.807, 2.05) is 6.07 Å². The highest BCUT2D eigenvalue weighted by Crippen LogP contribution is 2.26. The summed E-state index contributed by atoms with van der Waals surface area (Å²) in [6, 6.07) is 6.80. The van der Waals surface area contributed by atoms with E-state index in [9.17, 15) is 9.90 Å². The monoisotopic (exact) mass is 260 g/mol. The van der Waals surface area contributed by atoms with Gasteiger partial charge in [-0.1, -0.05) is 12.1 Å². The van der Waals surface area contributed by atoms with Crippen molar-refractivity contribution in [3.8, 4) is 5.75 Å². The van der Waals surface area contributed by atoms with E-state index in [1.165, 1.54) is 6.08 Å². The molecule has 5 nitrogen and oxygen atoms in total. The zero-order valence-electron chi connectivity index (χ0n) is 10.0. The van der Waals surface area contributed by atoms with E-state index < -0.39 is 6.29 Å². The summed E-state index contributed by atoms with van der Waals surface area (Å²) in [6.07, 6.45) is 2.49. The molecule has 0 amide bonds. The highest BCUT2D eigenvalue weighted by Gasteiger charge is 2.26. The van der Waals surface area contributed by atoms with Gasteiger partial charge in [-0.25, -0.2) is 4.79 Å². The molecular formula is C14H12O5. The molecule has 1 aromatic rings. The molecule has 2 heterocycles. The molecule has 0 aromatic heterocycles. The fourth-order valence-electron chi connectivity index (χ4n) is 1.94. The number of hydrogen-bond acceptors (Lipinski definition) is 5. The minimum atomic E-state index is -0.555. The lowest BCUT2D eigenvalue weighted by Crippen LogP contribution is -2.21. The number of hydrogen-bond donors (Lipinski definition) is 1. The summed E-state index contributed by atoms with van der Waals surface area (Å²) in [5.41, 5.74) is 1.58. The summed E-state index contributed by atoms with van der Waals surface area (Å²) in [7, 11) is 0. The third-order valence-electron chi connectivity index (χ3n) is 2.83. The molecule has 0 saturated carbocycles. The number of carbonyl (C=O) groups is 1. The molecule has 2 aliphatic rings. The van der Waals surface area contributed by atoms with Crippen LogP contribution in [0.2, 0.25) is 0 Å². The Morgan fingerprint density at radius 1 is 1.42 bits per heavy atom. The Labute approximate surface area is 109 Å². The van der Waals surface area contributed by atoms with Crippen LogP contribution in [-0.4, -0.2) is 24.0 Å². The molecule has 0 fully saturated rings. The highest BCUT2D eigenvalue weighted by molar-refractivity contribution is 5.88. The zero-order chi connectivity index (χ0) is 13.2. The summed E-state index contributed by atoms with van der Waals surface area (Å²) in [4.78, 5) is 11.1. The molecule has 98 valence electrons. The van der Waals surface area contributed by atoms with Crippen molar-refractivity contribution in [2.24, 2.45) is 0 Å². The van der Waals surface area contributed by atoms with Crippen LogP contribution in [0.4, 0.5) is 0 Å². The van der Waals surface area contributed by atoms with Crippen LogP contribution in [0.5, 0.6) is 5.75 Å². The summed E-state index contributed by atoms with van der Waals surface area (Å²) in [5.74, 6) is 0.328. The molecule has 0 radical (unpaired) electrons. The minimum absolute atomic E-state index is 0.193. The maximum absolute atomic E-state index is 11.1. The number of ether oxygens (including phenoxy) is 3. The molecule has 0 unspecified atom stereocenters. The van der Waals surface area contributed by atoms with Gasteiger partial charge in [0.2, 0.25) is 0 Å². The van der Waals surface area contributed by atoms with Crippen LogP contribution in [0, 0.1) is 0 Å². The van der Waals surface area contributed by atoms with E-state index in [2.05, 4.69) is 0 Å². The van der Waals surface area contributed by atoms with E-state index in [4.69, 9.17) is 14.2 Å². The first-order valence-electron chi connectivity index (χ1n) is 5.86. The second-order valence-electron chi connectivity index (χ2n) is 4.28. The molecule has 1 atom stereocenters. The number of carbonyl (C=O) groups excluding carboxylic acids is 1. The smallest absolute Gasteiger partial charge is 0.336 e. The number of fused-ring (bicyclic) bond motifs is 1. The Balaban J connectivity index is 1.63. The van der Waals surface area contributed by atoms with Gasteiger partial charge in [0.25, 0.3) is 0 Å². The van der Waals surface area contributed by atoms with Crippen molar-refractivity contribution in [2.45, 2.75) is 12.9 Å². The molecule has 0 saturated heterocycles. The largest absolute Gasteiger partial charge is 0.508 e. The Kier molecular flexibility index (Phi) is 3.06. The average Bonchev–Trinajstić information content (AvgIpc) is 2.75. The lowest BCUT2D eigenvalue weighted by atomic mass is 10.2. The van der Waals surface area contributed by atoms with Gasteiger partial charge in [-0.05, 0) is 17.7 Å². The van der Waals surface area contributed by atoms with Crippen molar-refractivity contribution in [1.82, 2.24) is 0 Å². The maximum atomic E-state index is 11.1. The van der Waals surface area contributed by atoms with Crippen LogP contribution in [0.15, 0.2) is 47.7 Å². The van der Waals surface area contributed by atoms with Gasteiger partial charge in [0.05, 0.1) is 13.2 Å². The Hall–Kier alpha value is -2.11. The normalized spacial score (nSPS) is 21.5. The predicted octanol–water partition coefficient (Wildman–Crippen LogP) is 1.63. The quantitative estimate of drug-likeness (QED) is 0.837. The van der Waals surface area contributed by atoms with Crippen LogP contribution < -0.4 is 0 Å². The van der Waals surface area contributed by atoms with Gasteiger partial charge in [0.15, 0.2) is 6.29 Å². The van der Waals surface area contributed by atoms with Gasteiger partial charge in [0, 0.05) is 17.7 Å². The van der Waals surface area contributed by atoms with Gasteiger partial charge in [-0.2, -0.15) is 0 Å². The van der Waals surface area contributed by atoms with Crippen LogP contribution in [-0.2, 0) is 25.6 Å². The summed E-state index contributed by atoms with van der Waals surface area (Å²) < 4.78 is 16.0. The van der Waals surface area contributed by atoms with E-state index in [0.717, 1.165) is 11.1 Å². The first kappa shape index (κ1) is 12.0. The standard InChI is InChI=1S/C14H12O5/c15-11-3-1-2-9(4-11)7-17-14-6-12-10(8-18-14)5-13(16)19-12/h1-6,14-15H,7-8H2/t14-/m1/s1. The Morgan fingerprint density at radius 2 is 2.32 bits per heavy atom. The van der Waals surface area contributed by atoms with Gasteiger partial charge in [0.1, 0.15) is 11.5 Å². The second-order valence-corrected chi connectivity index (χ2v) is 4.28. The fraction of sp³-hybridized carbons (Fsp3) is 0.214. The van der Waals surface area contributed by atoms with Crippen LogP contribution in [0.3, 0.4) is 0 Å². The second kappa shape index (κ2) is 4.87. The summed E-state index contributed by atoms with van der Waals surface area (Å²) in [6.45, 7) is 0.595.